The molecule has 7 heteroatoms. The minimum Gasteiger partial charge on any atom is -0.359 e. The molecule has 0 aliphatic rings. The van der Waals surface area contributed by atoms with Crippen LogP contribution in [0.1, 0.15) is 27.2 Å². The molecule has 1 N–H and O–H groups in total. The van der Waals surface area contributed by atoms with E-state index in [1.165, 1.54) is 29.4 Å². The molecule has 0 unspecified atom stereocenters. The van der Waals surface area contributed by atoms with E-state index < -0.39 is 5.82 Å². The second kappa shape index (κ2) is 7.52. The van der Waals surface area contributed by atoms with Crippen LogP contribution in [0.15, 0.2) is 60.9 Å². The van der Waals surface area contributed by atoms with Gasteiger partial charge in [0, 0.05) is 16.6 Å². The van der Waals surface area contributed by atoms with E-state index in [4.69, 9.17) is 0 Å². The van der Waals surface area contributed by atoms with Gasteiger partial charge in [0.1, 0.15) is 11.9 Å². The number of benzene rings is 2. The molecule has 2 aromatic carbocycles. The Morgan fingerprint density at radius 2 is 2.07 bits per heavy atom. The molecule has 0 radical (unpaired) electrons. The number of nitriles is 1. The number of halogens is 1. The third-order valence-corrected chi connectivity index (χ3v) is 4.66. The Balaban J connectivity index is 1.84. The normalized spacial score (nSPS) is 10.7. The summed E-state index contributed by atoms with van der Waals surface area (Å²) in [6.07, 6.45) is 2.80. The van der Waals surface area contributed by atoms with Crippen molar-refractivity contribution < 1.29 is 9.18 Å². The fraction of sp³-hybridized carbons (Fsp3) is 0.0909. The number of aromatic amines is 1. The number of hydrogen-bond donors (Lipinski definition) is 1. The molecule has 0 saturated heterocycles. The molecule has 0 saturated carbocycles. The van der Waals surface area contributed by atoms with Crippen LogP contribution in [0.25, 0.3) is 10.9 Å². The average Bonchev–Trinajstić information content (AvgIpc) is 3.13. The third-order valence-electron chi connectivity index (χ3n) is 4.66. The van der Waals surface area contributed by atoms with Crippen LogP contribution in [-0.4, -0.2) is 21.1 Å². The number of nitrogens with zero attached hydrogens (tertiary/aromatic N) is 4. The first-order valence-electron chi connectivity index (χ1n) is 8.92. The van der Waals surface area contributed by atoms with Gasteiger partial charge in [0.15, 0.2) is 0 Å². The first-order valence-corrected chi connectivity index (χ1v) is 8.92. The molecule has 0 aliphatic carbocycles. The predicted molar refractivity (Wildman–Crippen MR) is 107 cm³/mol. The third kappa shape index (κ3) is 3.56. The van der Waals surface area contributed by atoms with Crippen molar-refractivity contribution in [2.45, 2.75) is 13.5 Å². The number of aromatic nitrogens is 3. The average molecular weight is 385 g/mol. The molecule has 2 heterocycles. The Morgan fingerprint density at radius 3 is 2.83 bits per heavy atom. The van der Waals surface area contributed by atoms with Crippen LogP contribution >= 0.6 is 0 Å². The predicted octanol–water partition coefficient (Wildman–Crippen LogP) is 4.12. The second-order valence-corrected chi connectivity index (χ2v) is 6.63. The molecule has 0 fully saturated rings. The Kier molecular flexibility index (Phi) is 4.75. The Hall–Kier alpha value is -4.05. The summed E-state index contributed by atoms with van der Waals surface area (Å²) >= 11 is 0. The highest BCUT2D eigenvalue weighted by Gasteiger charge is 2.22. The molecule has 0 bridgehead atoms. The van der Waals surface area contributed by atoms with Crippen LogP contribution in [0, 0.1) is 24.1 Å². The van der Waals surface area contributed by atoms with Crippen LogP contribution in [0.5, 0.6) is 0 Å². The highest BCUT2D eigenvalue weighted by Crippen LogP contribution is 2.28. The van der Waals surface area contributed by atoms with Crippen LogP contribution in [0.4, 0.5) is 10.1 Å². The van der Waals surface area contributed by atoms with Crippen LogP contribution in [0.3, 0.4) is 0 Å². The first-order chi connectivity index (χ1) is 14.1. The standard InChI is InChI=1S/C22H16FN5O/c1-14-9-19-16(3-2-4-20(19)27-14)13-28(22(29)15-7-8-25-26-12-15)21-6-5-18(23)10-17(21)11-24/h2-10,12,27H,13H2,1H3. The summed E-state index contributed by atoms with van der Waals surface area (Å²) in [5, 5.41) is 18.0. The molecule has 0 aliphatic heterocycles. The number of amides is 1. The minimum atomic E-state index is -0.536. The minimum absolute atomic E-state index is 0.0813. The topological polar surface area (TPSA) is 85.7 Å². The van der Waals surface area contributed by atoms with Crippen molar-refractivity contribution in [3.05, 3.63) is 89.1 Å². The summed E-state index contributed by atoms with van der Waals surface area (Å²) in [6, 6.07) is 15.2. The summed E-state index contributed by atoms with van der Waals surface area (Å²) in [5.74, 6) is -0.890. The lowest BCUT2D eigenvalue weighted by Gasteiger charge is -2.24. The van der Waals surface area contributed by atoms with E-state index in [1.54, 1.807) is 6.07 Å². The Bertz CT molecular complexity index is 1240. The van der Waals surface area contributed by atoms with Gasteiger partial charge in [0.2, 0.25) is 0 Å². The van der Waals surface area contributed by atoms with Gasteiger partial charge in [-0.3, -0.25) is 4.79 Å². The van der Waals surface area contributed by atoms with Gasteiger partial charge in [-0.25, -0.2) is 4.39 Å². The first kappa shape index (κ1) is 18.3. The smallest absolute Gasteiger partial charge is 0.260 e. The number of nitrogens with one attached hydrogen (secondary N) is 1. The second-order valence-electron chi connectivity index (χ2n) is 6.63. The molecule has 2 aromatic heterocycles. The molecule has 6 nitrogen and oxygen atoms in total. The van der Waals surface area contributed by atoms with Crippen LogP contribution < -0.4 is 4.90 Å². The summed E-state index contributed by atoms with van der Waals surface area (Å²) in [4.78, 5) is 18.0. The van der Waals surface area contributed by atoms with Gasteiger partial charge in [0.05, 0.1) is 35.8 Å². The van der Waals surface area contributed by atoms with Crippen molar-refractivity contribution >= 4 is 22.5 Å². The van der Waals surface area contributed by atoms with E-state index in [9.17, 15) is 14.4 Å². The van der Waals surface area contributed by atoms with Crippen molar-refractivity contribution in [3.8, 4) is 6.07 Å². The Labute approximate surface area is 166 Å². The lowest BCUT2D eigenvalue weighted by molar-refractivity contribution is 0.0984. The summed E-state index contributed by atoms with van der Waals surface area (Å²) in [7, 11) is 0. The number of carbonyl (C=O) groups excluding carboxylic acids is 1. The van der Waals surface area contributed by atoms with E-state index in [2.05, 4.69) is 15.2 Å². The number of fused-ring (bicyclic) bond motifs is 1. The number of aryl methyl sites for hydroxylation is 1. The molecule has 142 valence electrons. The highest BCUT2D eigenvalue weighted by atomic mass is 19.1. The molecule has 29 heavy (non-hydrogen) atoms. The molecular weight excluding hydrogens is 369 g/mol. The zero-order valence-corrected chi connectivity index (χ0v) is 15.6. The molecule has 4 rings (SSSR count). The van der Waals surface area contributed by atoms with Crippen molar-refractivity contribution in [1.29, 1.82) is 5.26 Å². The maximum absolute atomic E-state index is 13.7. The van der Waals surface area contributed by atoms with Crippen molar-refractivity contribution in [2.24, 2.45) is 0 Å². The van der Waals surface area contributed by atoms with E-state index in [-0.39, 0.29) is 18.0 Å². The summed E-state index contributed by atoms with van der Waals surface area (Å²) in [6.45, 7) is 2.17. The fourth-order valence-corrected chi connectivity index (χ4v) is 3.34. The number of anilines is 1. The number of rotatable bonds is 4. The quantitative estimate of drug-likeness (QED) is 0.572. The van der Waals surface area contributed by atoms with E-state index in [1.807, 2.05) is 37.3 Å². The van der Waals surface area contributed by atoms with Crippen LogP contribution in [0.2, 0.25) is 0 Å². The molecular formula is C22H16FN5O. The van der Waals surface area contributed by atoms with Gasteiger partial charge in [-0.1, -0.05) is 12.1 Å². The molecule has 4 aromatic rings. The van der Waals surface area contributed by atoms with Crippen molar-refractivity contribution in [1.82, 2.24) is 15.2 Å². The van der Waals surface area contributed by atoms with Gasteiger partial charge in [-0.2, -0.15) is 15.5 Å². The number of carbonyl (C=O) groups is 1. The number of hydrogen-bond acceptors (Lipinski definition) is 4. The van der Waals surface area contributed by atoms with Gasteiger partial charge >= 0.3 is 0 Å². The fourth-order valence-electron chi connectivity index (χ4n) is 3.34. The molecule has 1 amide bonds. The van der Waals surface area contributed by atoms with Gasteiger partial charge < -0.3 is 9.88 Å². The maximum Gasteiger partial charge on any atom is 0.260 e. The van der Waals surface area contributed by atoms with Gasteiger partial charge in [-0.15, -0.1) is 0 Å². The zero-order valence-electron chi connectivity index (χ0n) is 15.6. The highest BCUT2D eigenvalue weighted by molar-refractivity contribution is 6.06. The van der Waals surface area contributed by atoms with Gasteiger partial charge in [-0.05, 0) is 48.9 Å². The van der Waals surface area contributed by atoms with Crippen LogP contribution in [-0.2, 0) is 6.54 Å². The lowest BCUT2D eigenvalue weighted by Crippen LogP contribution is -2.31. The van der Waals surface area contributed by atoms with E-state index in [0.29, 0.717) is 11.3 Å². The summed E-state index contributed by atoms with van der Waals surface area (Å²) < 4.78 is 13.7. The molecule has 0 spiro atoms. The maximum atomic E-state index is 13.7. The monoisotopic (exact) mass is 385 g/mol. The van der Waals surface area contributed by atoms with E-state index in [0.717, 1.165) is 28.2 Å². The van der Waals surface area contributed by atoms with Crippen molar-refractivity contribution in [2.75, 3.05) is 4.90 Å². The SMILES string of the molecule is Cc1cc2c(CN(C(=O)c3ccnnc3)c3ccc(F)cc3C#N)cccc2[nH]1. The van der Waals surface area contributed by atoms with Crippen molar-refractivity contribution in [3.63, 3.8) is 0 Å². The number of H-pyrrole nitrogens is 1. The van der Waals surface area contributed by atoms with Gasteiger partial charge in [0.25, 0.3) is 5.91 Å². The molecule has 0 atom stereocenters. The summed E-state index contributed by atoms with van der Waals surface area (Å²) in [5.41, 5.74) is 3.60. The van der Waals surface area contributed by atoms with E-state index >= 15 is 0 Å². The zero-order chi connectivity index (χ0) is 20.4. The Morgan fingerprint density at radius 1 is 1.21 bits per heavy atom. The lowest BCUT2D eigenvalue weighted by atomic mass is 10.1. The largest absolute Gasteiger partial charge is 0.359 e.